The molecule has 0 spiro atoms. The molecule has 0 fully saturated rings. The lowest BCUT2D eigenvalue weighted by molar-refractivity contribution is 0.477. The lowest BCUT2D eigenvalue weighted by Crippen LogP contribution is -1.82. The van der Waals surface area contributed by atoms with E-state index in [-0.39, 0.29) is 5.75 Å². The van der Waals surface area contributed by atoms with Gasteiger partial charge in [-0.2, -0.15) is 0 Å². The van der Waals surface area contributed by atoms with Gasteiger partial charge in [0.15, 0.2) is 5.69 Å². The molecule has 2 N–H and O–H groups in total. The third kappa shape index (κ3) is 2.41. The predicted molar refractivity (Wildman–Crippen MR) is 97.1 cm³/mol. The smallest absolute Gasteiger partial charge is 0.187 e. The van der Waals surface area contributed by atoms with E-state index >= 15 is 0 Å². The van der Waals surface area contributed by atoms with Crippen molar-refractivity contribution in [3.8, 4) is 28.1 Å². The van der Waals surface area contributed by atoms with Crippen LogP contribution in [-0.4, -0.2) is 10.1 Å². The molecule has 24 heavy (non-hydrogen) atoms. The highest BCUT2D eigenvalue weighted by atomic mass is 16.3. The highest BCUT2D eigenvalue weighted by Gasteiger charge is 2.10. The molecular weight excluding hydrogens is 296 g/mol. The molecule has 1 aromatic heterocycles. The lowest BCUT2D eigenvalue weighted by atomic mass is 10.0. The maximum atomic E-state index is 10.3. The molecule has 4 aromatic rings. The summed E-state index contributed by atoms with van der Waals surface area (Å²) in [6, 6.07) is 23.2. The van der Waals surface area contributed by atoms with Crippen LogP contribution in [0.3, 0.4) is 0 Å². The standard InChI is InChI=1S/C21H14N2O/c1-22-17-8-9-19-16(11-17)13-20(23-19)18-12-15(7-10-21(18)24)14-5-3-2-4-6-14/h2-13,23-24H. The van der Waals surface area contributed by atoms with E-state index in [9.17, 15) is 5.11 Å². The Balaban J connectivity index is 1.85. The van der Waals surface area contributed by atoms with Gasteiger partial charge >= 0.3 is 0 Å². The van der Waals surface area contributed by atoms with E-state index in [4.69, 9.17) is 6.57 Å². The van der Waals surface area contributed by atoms with Gasteiger partial charge in [-0.15, -0.1) is 0 Å². The zero-order valence-electron chi connectivity index (χ0n) is 12.8. The fraction of sp³-hybridized carbons (Fsp3) is 0. The van der Waals surface area contributed by atoms with Crippen LogP contribution in [0.1, 0.15) is 0 Å². The zero-order chi connectivity index (χ0) is 16.5. The molecule has 3 aromatic carbocycles. The summed E-state index contributed by atoms with van der Waals surface area (Å²) in [5.41, 5.74) is 5.28. The molecule has 114 valence electrons. The maximum Gasteiger partial charge on any atom is 0.187 e. The van der Waals surface area contributed by atoms with Gasteiger partial charge in [0.05, 0.1) is 12.3 Å². The largest absolute Gasteiger partial charge is 0.507 e. The summed E-state index contributed by atoms with van der Waals surface area (Å²) in [6.45, 7) is 7.12. The van der Waals surface area contributed by atoms with Crippen LogP contribution in [-0.2, 0) is 0 Å². The van der Waals surface area contributed by atoms with Crippen molar-refractivity contribution in [3.63, 3.8) is 0 Å². The summed E-state index contributed by atoms with van der Waals surface area (Å²) in [5.74, 6) is 0.228. The van der Waals surface area contributed by atoms with Crippen LogP contribution in [0, 0.1) is 6.57 Å². The number of nitrogens with zero attached hydrogens (tertiary/aromatic N) is 1. The van der Waals surface area contributed by atoms with Crippen LogP contribution in [0.4, 0.5) is 5.69 Å². The summed E-state index contributed by atoms with van der Waals surface area (Å²) < 4.78 is 0. The molecule has 0 radical (unpaired) electrons. The Labute approximate surface area is 139 Å². The molecular formula is C21H14N2O. The number of fused-ring (bicyclic) bond motifs is 1. The van der Waals surface area contributed by atoms with Crippen LogP contribution in [0.25, 0.3) is 38.1 Å². The van der Waals surface area contributed by atoms with Crippen LogP contribution in [0.15, 0.2) is 72.8 Å². The number of rotatable bonds is 2. The number of benzene rings is 3. The Morgan fingerprint density at radius 1 is 0.833 bits per heavy atom. The quantitative estimate of drug-likeness (QED) is 0.454. The molecule has 0 unspecified atom stereocenters. The van der Waals surface area contributed by atoms with Crippen molar-refractivity contribution in [1.82, 2.24) is 4.98 Å². The van der Waals surface area contributed by atoms with Gasteiger partial charge in [0, 0.05) is 11.1 Å². The van der Waals surface area contributed by atoms with E-state index in [2.05, 4.69) is 9.83 Å². The number of phenolic OH excluding ortho intramolecular Hbond substituents is 1. The minimum Gasteiger partial charge on any atom is -0.507 e. The molecule has 0 saturated carbocycles. The lowest BCUT2D eigenvalue weighted by Gasteiger charge is -2.07. The minimum absolute atomic E-state index is 0.228. The first-order chi connectivity index (χ1) is 11.7. The fourth-order valence-electron chi connectivity index (χ4n) is 2.90. The first-order valence-electron chi connectivity index (χ1n) is 7.63. The second-order valence-corrected chi connectivity index (χ2v) is 5.66. The SMILES string of the molecule is [C-]#[N+]c1ccc2[nH]c(-c3cc(-c4ccccc4)ccc3O)cc2c1. The normalized spacial score (nSPS) is 10.6. The topological polar surface area (TPSA) is 40.4 Å². The Morgan fingerprint density at radius 2 is 1.67 bits per heavy atom. The van der Waals surface area contributed by atoms with Gasteiger partial charge in [0.1, 0.15) is 5.75 Å². The average Bonchev–Trinajstić information content (AvgIpc) is 3.05. The van der Waals surface area contributed by atoms with E-state index in [0.29, 0.717) is 5.69 Å². The third-order valence-corrected chi connectivity index (χ3v) is 4.13. The van der Waals surface area contributed by atoms with E-state index in [1.807, 2.05) is 60.7 Å². The van der Waals surface area contributed by atoms with Crippen LogP contribution in [0.2, 0.25) is 0 Å². The van der Waals surface area contributed by atoms with Crippen LogP contribution < -0.4 is 0 Å². The van der Waals surface area contributed by atoms with E-state index in [0.717, 1.165) is 33.3 Å². The maximum absolute atomic E-state index is 10.3. The van der Waals surface area contributed by atoms with Crippen molar-refractivity contribution in [2.45, 2.75) is 0 Å². The Kier molecular flexibility index (Phi) is 3.29. The molecule has 3 heteroatoms. The summed E-state index contributed by atoms with van der Waals surface area (Å²) >= 11 is 0. The van der Waals surface area contributed by atoms with Crippen molar-refractivity contribution in [2.24, 2.45) is 0 Å². The van der Waals surface area contributed by atoms with Crippen molar-refractivity contribution < 1.29 is 5.11 Å². The fourth-order valence-corrected chi connectivity index (χ4v) is 2.90. The molecule has 0 bridgehead atoms. The van der Waals surface area contributed by atoms with Gasteiger partial charge in [-0.05, 0) is 46.8 Å². The molecule has 1 heterocycles. The van der Waals surface area contributed by atoms with Crippen molar-refractivity contribution in [2.75, 3.05) is 0 Å². The Hall–Kier alpha value is -3.51. The van der Waals surface area contributed by atoms with E-state index in [1.165, 1.54) is 0 Å². The first-order valence-corrected chi connectivity index (χ1v) is 7.63. The summed E-state index contributed by atoms with van der Waals surface area (Å²) in [5, 5.41) is 11.3. The van der Waals surface area contributed by atoms with Gasteiger partial charge in [-0.25, -0.2) is 4.85 Å². The van der Waals surface area contributed by atoms with Crippen LogP contribution >= 0.6 is 0 Å². The van der Waals surface area contributed by atoms with Gasteiger partial charge in [-0.3, -0.25) is 0 Å². The molecule has 0 amide bonds. The summed E-state index contributed by atoms with van der Waals surface area (Å²) in [7, 11) is 0. The molecule has 0 aliphatic carbocycles. The molecule has 0 aliphatic heterocycles. The van der Waals surface area contributed by atoms with Gasteiger partial charge in [0.25, 0.3) is 0 Å². The number of H-pyrrole nitrogens is 1. The summed E-state index contributed by atoms with van der Waals surface area (Å²) in [4.78, 5) is 6.78. The molecule has 0 aliphatic rings. The predicted octanol–water partition coefficient (Wildman–Crippen LogP) is 5.76. The van der Waals surface area contributed by atoms with Gasteiger partial charge in [-0.1, -0.05) is 42.5 Å². The number of aromatic hydroxyl groups is 1. The zero-order valence-corrected chi connectivity index (χ0v) is 12.8. The van der Waals surface area contributed by atoms with Crippen molar-refractivity contribution >= 4 is 16.6 Å². The van der Waals surface area contributed by atoms with E-state index in [1.54, 1.807) is 12.1 Å². The number of hydrogen-bond acceptors (Lipinski definition) is 1. The molecule has 3 nitrogen and oxygen atoms in total. The number of aromatic nitrogens is 1. The van der Waals surface area contributed by atoms with Crippen molar-refractivity contribution in [3.05, 3.63) is 84.2 Å². The molecule has 4 rings (SSSR count). The second kappa shape index (κ2) is 5.60. The van der Waals surface area contributed by atoms with Gasteiger partial charge < -0.3 is 10.1 Å². The highest BCUT2D eigenvalue weighted by molar-refractivity contribution is 5.90. The Morgan fingerprint density at radius 3 is 2.46 bits per heavy atom. The summed E-state index contributed by atoms with van der Waals surface area (Å²) in [6.07, 6.45) is 0. The Bertz CT molecular complexity index is 1070. The first kappa shape index (κ1) is 14.1. The second-order valence-electron chi connectivity index (χ2n) is 5.66. The highest BCUT2D eigenvalue weighted by Crippen LogP contribution is 2.35. The van der Waals surface area contributed by atoms with Crippen LogP contribution in [0.5, 0.6) is 5.75 Å². The van der Waals surface area contributed by atoms with Gasteiger partial charge in [0.2, 0.25) is 0 Å². The number of aromatic amines is 1. The average molecular weight is 310 g/mol. The molecule has 0 saturated heterocycles. The third-order valence-electron chi connectivity index (χ3n) is 4.13. The number of nitrogens with one attached hydrogen (secondary N) is 1. The molecule has 0 atom stereocenters. The van der Waals surface area contributed by atoms with E-state index < -0.39 is 0 Å². The van der Waals surface area contributed by atoms with Crippen molar-refractivity contribution in [1.29, 1.82) is 0 Å². The number of phenols is 1. The monoisotopic (exact) mass is 310 g/mol. The minimum atomic E-state index is 0.228. The number of hydrogen-bond donors (Lipinski definition) is 2.